The molecule has 2 aromatic rings. The van der Waals surface area contributed by atoms with E-state index in [-0.39, 0.29) is 5.82 Å². The molecule has 2 rings (SSSR count). The number of fused-ring (bicyclic) bond motifs is 1. The van der Waals surface area contributed by atoms with Gasteiger partial charge in [-0.25, -0.2) is 9.07 Å². The summed E-state index contributed by atoms with van der Waals surface area (Å²) < 4.78 is 16.1. The lowest BCUT2D eigenvalue weighted by Gasteiger charge is -2.14. The summed E-state index contributed by atoms with van der Waals surface area (Å²) in [4.78, 5) is 3.02. The molecular formula is C9H9BrFN3S. The number of imidazole rings is 1. The number of aromatic nitrogens is 2. The zero-order chi connectivity index (χ0) is 11.2. The van der Waals surface area contributed by atoms with Gasteiger partial charge in [0.2, 0.25) is 0 Å². The van der Waals surface area contributed by atoms with Crippen LogP contribution >= 0.6 is 28.1 Å². The van der Waals surface area contributed by atoms with Gasteiger partial charge >= 0.3 is 0 Å². The monoisotopic (exact) mass is 289 g/mol. The number of H-pyrrole nitrogens is 1. The smallest absolute Gasteiger partial charge is 0.197 e. The highest BCUT2D eigenvalue weighted by atomic mass is 79.9. The Bertz CT molecular complexity index is 572. The van der Waals surface area contributed by atoms with Crippen molar-refractivity contribution in [3.63, 3.8) is 0 Å². The summed E-state index contributed by atoms with van der Waals surface area (Å²) in [6.07, 6.45) is 0. The maximum atomic E-state index is 13.4. The third kappa shape index (κ3) is 1.68. The average molecular weight is 290 g/mol. The Labute approximate surface area is 99.6 Å². The maximum Gasteiger partial charge on any atom is 0.197 e. The SMILES string of the molecule is CN(C)n1c(=S)[nH]c2cc(Br)c(F)cc21. The van der Waals surface area contributed by atoms with Crippen LogP contribution in [0.2, 0.25) is 0 Å². The van der Waals surface area contributed by atoms with E-state index in [2.05, 4.69) is 20.9 Å². The van der Waals surface area contributed by atoms with Crippen LogP contribution in [0, 0.1) is 10.6 Å². The third-order valence-corrected chi connectivity index (χ3v) is 2.98. The molecule has 1 N–H and O–H groups in total. The summed E-state index contributed by atoms with van der Waals surface area (Å²) in [6, 6.07) is 3.13. The number of nitrogens with zero attached hydrogens (tertiary/aromatic N) is 2. The summed E-state index contributed by atoms with van der Waals surface area (Å²) in [5.74, 6) is -0.299. The molecule has 0 saturated carbocycles. The number of rotatable bonds is 1. The van der Waals surface area contributed by atoms with E-state index in [1.165, 1.54) is 6.07 Å². The van der Waals surface area contributed by atoms with Crippen LogP contribution in [0.15, 0.2) is 16.6 Å². The van der Waals surface area contributed by atoms with Crippen molar-refractivity contribution in [3.05, 3.63) is 27.2 Å². The highest BCUT2D eigenvalue weighted by molar-refractivity contribution is 9.10. The first-order valence-electron chi connectivity index (χ1n) is 4.28. The van der Waals surface area contributed by atoms with Gasteiger partial charge in [0.15, 0.2) is 4.77 Å². The highest BCUT2D eigenvalue weighted by Crippen LogP contribution is 2.22. The maximum absolute atomic E-state index is 13.4. The van der Waals surface area contributed by atoms with Gasteiger partial charge < -0.3 is 9.99 Å². The van der Waals surface area contributed by atoms with E-state index in [9.17, 15) is 4.39 Å². The molecule has 0 radical (unpaired) electrons. The number of benzene rings is 1. The van der Waals surface area contributed by atoms with Crippen LogP contribution in [0.3, 0.4) is 0 Å². The Morgan fingerprint density at radius 3 is 2.73 bits per heavy atom. The first kappa shape index (κ1) is 10.6. The lowest BCUT2D eigenvalue weighted by atomic mass is 10.3. The summed E-state index contributed by atoms with van der Waals surface area (Å²) in [5.41, 5.74) is 1.53. The van der Waals surface area contributed by atoms with Crippen LogP contribution in [0.4, 0.5) is 4.39 Å². The van der Waals surface area contributed by atoms with Gasteiger partial charge in [-0.1, -0.05) is 0 Å². The lowest BCUT2D eigenvalue weighted by molar-refractivity contribution is 0.621. The van der Waals surface area contributed by atoms with Crippen LogP contribution in [-0.2, 0) is 0 Å². The summed E-state index contributed by atoms with van der Waals surface area (Å²) in [6.45, 7) is 0. The van der Waals surface area contributed by atoms with E-state index in [0.717, 1.165) is 11.0 Å². The molecule has 6 heteroatoms. The van der Waals surface area contributed by atoms with Gasteiger partial charge in [0, 0.05) is 20.2 Å². The molecule has 0 atom stereocenters. The second kappa shape index (κ2) is 3.61. The molecular weight excluding hydrogens is 281 g/mol. The van der Waals surface area contributed by atoms with Crippen molar-refractivity contribution in [2.75, 3.05) is 19.1 Å². The normalized spacial score (nSPS) is 10.9. The second-order valence-corrected chi connectivity index (χ2v) is 4.61. The summed E-state index contributed by atoms with van der Waals surface area (Å²) in [7, 11) is 3.70. The Balaban J connectivity index is 2.88. The third-order valence-electron chi connectivity index (χ3n) is 2.10. The predicted molar refractivity (Wildman–Crippen MR) is 64.8 cm³/mol. The molecule has 0 unspecified atom stereocenters. The molecule has 0 spiro atoms. The van der Waals surface area contributed by atoms with E-state index < -0.39 is 0 Å². The van der Waals surface area contributed by atoms with Gasteiger partial charge in [-0.05, 0) is 34.2 Å². The molecule has 0 aliphatic heterocycles. The van der Waals surface area contributed by atoms with E-state index in [4.69, 9.17) is 12.2 Å². The van der Waals surface area contributed by atoms with Crippen molar-refractivity contribution in [2.24, 2.45) is 0 Å². The molecule has 0 aliphatic rings. The van der Waals surface area contributed by atoms with Gasteiger partial charge in [-0.2, -0.15) is 0 Å². The Hall–Kier alpha value is -0.880. The number of hydrogen-bond donors (Lipinski definition) is 1. The minimum Gasteiger partial charge on any atom is -0.329 e. The standard InChI is InChI=1S/C9H9BrFN3S/c1-13(2)14-8-4-6(11)5(10)3-7(8)12-9(14)15/h3-4H,1-2H3,(H,12,15). The van der Waals surface area contributed by atoms with Crippen molar-refractivity contribution in [2.45, 2.75) is 0 Å². The van der Waals surface area contributed by atoms with Crippen molar-refractivity contribution in [1.82, 2.24) is 9.66 Å². The molecule has 1 aromatic carbocycles. The molecule has 0 saturated heterocycles. The van der Waals surface area contributed by atoms with Crippen LogP contribution in [0.1, 0.15) is 0 Å². The molecule has 80 valence electrons. The Morgan fingerprint density at radius 1 is 1.47 bits per heavy atom. The zero-order valence-electron chi connectivity index (χ0n) is 8.21. The first-order valence-corrected chi connectivity index (χ1v) is 5.48. The number of hydrogen-bond acceptors (Lipinski definition) is 2. The average Bonchev–Trinajstić information content (AvgIpc) is 2.41. The van der Waals surface area contributed by atoms with E-state index in [1.807, 2.05) is 14.1 Å². The predicted octanol–water partition coefficient (Wildman–Crippen LogP) is 2.80. The minimum atomic E-state index is -0.299. The number of aromatic amines is 1. The van der Waals surface area contributed by atoms with E-state index >= 15 is 0 Å². The summed E-state index contributed by atoms with van der Waals surface area (Å²) in [5, 5.41) is 1.80. The number of halogens is 2. The van der Waals surface area contributed by atoms with Crippen LogP contribution < -0.4 is 5.01 Å². The van der Waals surface area contributed by atoms with Gasteiger partial charge in [0.25, 0.3) is 0 Å². The molecule has 1 heterocycles. The Morgan fingerprint density at radius 2 is 2.13 bits per heavy atom. The van der Waals surface area contributed by atoms with Crippen molar-refractivity contribution in [1.29, 1.82) is 0 Å². The Kier molecular flexibility index (Phi) is 2.56. The fraction of sp³-hybridized carbons (Fsp3) is 0.222. The number of nitrogens with one attached hydrogen (secondary N) is 1. The van der Waals surface area contributed by atoms with Crippen LogP contribution in [-0.4, -0.2) is 23.8 Å². The van der Waals surface area contributed by atoms with Gasteiger partial charge in [0.05, 0.1) is 15.5 Å². The first-order chi connectivity index (χ1) is 7.00. The molecule has 15 heavy (non-hydrogen) atoms. The molecule has 3 nitrogen and oxygen atoms in total. The topological polar surface area (TPSA) is 24.0 Å². The quantitative estimate of drug-likeness (QED) is 0.817. The fourth-order valence-corrected chi connectivity index (χ4v) is 2.20. The molecule has 0 aliphatic carbocycles. The molecule has 0 bridgehead atoms. The van der Waals surface area contributed by atoms with Crippen molar-refractivity contribution >= 4 is 39.2 Å². The van der Waals surface area contributed by atoms with E-state index in [0.29, 0.717) is 9.24 Å². The van der Waals surface area contributed by atoms with Crippen molar-refractivity contribution in [3.8, 4) is 0 Å². The van der Waals surface area contributed by atoms with Gasteiger partial charge in [-0.15, -0.1) is 0 Å². The minimum absolute atomic E-state index is 0.299. The highest BCUT2D eigenvalue weighted by Gasteiger charge is 2.09. The molecule has 1 aromatic heterocycles. The molecule has 0 fully saturated rings. The largest absolute Gasteiger partial charge is 0.329 e. The zero-order valence-corrected chi connectivity index (χ0v) is 10.6. The van der Waals surface area contributed by atoms with Gasteiger partial charge in [-0.3, -0.25) is 0 Å². The van der Waals surface area contributed by atoms with Crippen molar-refractivity contribution < 1.29 is 4.39 Å². The summed E-state index contributed by atoms with van der Waals surface area (Å²) >= 11 is 8.28. The van der Waals surface area contributed by atoms with Crippen LogP contribution in [0.25, 0.3) is 11.0 Å². The van der Waals surface area contributed by atoms with Crippen LogP contribution in [0.5, 0.6) is 0 Å². The fourth-order valence-electron chi connectivity index (χ4n) is 1.49. The lowest BCUT2D eigenvalue weighted by Crippen LogP contribution is -2.24. The molecule has 0 amide bonds. The second-order valence-electron chi connectivity index (χ2n) is 3.37. The van der Waals surface area contributed by atoms with E-state index in [1.54, 1.807) is 15.8 Å². The van der Waals surface area contributed by atoms with Gasteiger partial charge in [0.1, 0.15) is 5.82 Å².